The van der Waals surface area contributed by atoms with Crippen LogP contribution in [0.4, 0.5) is 18.9 Å². The number of anilines is 1. The highest BCUT2D eigenvalue weighted by Crippen LogP contribution is 2.29. The summed E-state index contributed by atoms with van der Waals surface area (Å²) in [7, 11) is 3.39. The highest BCUT2D eigenvalue weighted by Gasteiger charge is 2.31. The van der Waals surface area contributed by atoms with Crippen molar-refractivity contribution in [3.63, 3.8) is 0 Å². The fourth-order valence-corrected chi connectivity index (χ4v) is 5.92. The maximum Gasteiger partial charge on any atom is 0.573 e. The highest BCUT2D eigenvalue weighted by atomic mass is 79.9. The number of nitrogens with zero attached hydrogens (tertiary/aromatic N) is 5. The molecule has 0 aliphatic carbocycles. The van der Waals surface area contributed by atoms with Crippen LogP contribution >= 0.6 is 17.0 Å². The quantitative estimate of drug-likeness (QED) is 0.143. The Morgan fingerprint density at radius 3 is 2.13 bits per heavy atom. The van der Waals surface area contributed by atoms with E-state index in [1.54, 1.807) is 18.2 Å². The van der Waals surface area contributed by atoms with Crippen LogP contribution in [0.3, 0.4) is 0 Å². The van der Waals surface area contributed by atoms with Crippen molar-refractivity contribution in [1.29, 1.82) is 0 Å². The molecule has 0 bridgehead atoms. The third-order valence-corrected chi connectivity index (χ3v) is 8.57. The van der Waals surface area contributed by atoms with Gasteiger partial charge >= 0.3 is 6.36 Å². The van der Waals surface area contributed by atoms with Crippen molar-refractivity contribution in [3.05, 3.63) is 108 Å². The number of hydrogen-bond donors (Lipinski definition) is 0. The van der Waals surface area contributed by atoms with E-state index in [0.29, 0.717) is 30.2 Å². The molecule has 1 saturated heterocycles. The molecule has 2 amide bonds. The minimum absolute atomic E-state index is 0. The number of piperazine rings is 1. The maximum absolute atomic E-state index is 13.6. The van der Waals surface area contributed by atoms with E-state index in [2.05, 4.69) is 26.8 Å². The molecule has 14 heteroatoms. The SMILES string of the molecule is Br.CC(C)Oc1ccc(CN2CCN(C(=O)c3cc4ccc(Oc5ccc(N(C)C(=O)c6ccc(OC(F)(F)F)cc6)cn5)cc4n3C)CC2)cc1. The average molecular weight is 783 g/mol. The summed E-state index contributed by atoms with van der Waals surface area (Å²) in [4.78, 5) is 36.4. The number of benzene rings is 3. The number of rotatable bonds is 10. The first kappa shape index (κ1) is 38.2. The number of carbonyl (C=O) groups excluding carboxylic acids is 2. The third kappa shape index (κ3) is 9.22. The van der Waals surface area contributed by atoms with Gasteiger partial charge in [0.15, 0.2) is 0 Å². The van der Waals surface area contributed by atoms with Gasteiger partial charge in [-0.15, -0.1) is 30.2 Å². The molecule has 0 unspecified atom stereocenters. The highest BCUT2D eigenvalue weighted by molar-refractivity contribution is 8.93. The number of halogens is 4. The summed E-state index contributed by atoms with van der Waals surface area (Å²) < 4.78 is 54.8. The number of alkyl halides is 3. The molecule has 1 aliphatic rings. The molecule has 10 nitrogen and oxygen atoms in total. The largest absolute Gasteiger partial charge is 0.573 e. The Morgan fingerprint density at radius 1 is 0.865 bits per heavy atom. The minimum Gasteiger partial charge on any atom is -0.491 e. The predicted molar refractivity (Wildman–Crippen MR) is 197 cm³/mol. The van der Waals surface area contributed by atoms with Crippen LogP contribution in [0.5, 0.6) is 23.1 Å². The van der Waals surface area contributed by atoms with E-state index in [9.17, 15) is 22.8 Å². The van der Waals surface area contributed by atoms with Crippen molar-refractivity contribution in [1.82, 2.24) is 19.4 Å². The van der Waals surface area contributed by atoms with Gasteiger partial charge in [-0.3, -0.25) is 14.5 Å². The Labute approximate surface area is 310 Å². The molecule has 1 aliphatic heterocycles. The first-order valence-electron chi connectivity index (χ1n) is 16.5. The van der Waals surface area contributed by atoms with Gasteiger partial charge in [0.25, 0.3) is 11.8 Å². The van der Waals surface area contributed by atoms with Crippen LogP contribution in [0.25, 0.3) is 10.9 Å². The van der Waals surface area contributed by atoms with Crippen molar-refractivity contribution in [2.24, 2.45) is 7.05 Å². The molecule has 0 atom stereocenters. The van der Waals surface area contributed by atoms with E-state index in [-0.39, 0.29) is 40.4 Å². The van der Waals surface area contributed by atoms with Gasteiger partial charge in [-0.05, 0) is 80.1 Å². The Kier molecular flexibility index (Phi) is 11.8. The molecule has 3 heterocycles. The summed E-state index contributed by atoms with van der Waals surface area (Å²) in [6.07, 6.45) is -3.22. The van der Waals surface area contributed by atoms with E-state index in [1.165, 1.54) is 35.8 Å². The second-order valence-corrected chi connectivity index (χ2v) is 12.6. The second-order valence-electron chi connectivity index (χ2n) is 12.6. The molecule has 3 aromatic carbocycles. The first-order valence-corrected chi connectivity index (χ1v) is 16.5. The number of aryl methyl sites for hydroxylation is 1. The van der Waals surface area contributed by atoms with E-state index in [0.717, 1.165) is 48.4 Å². The van der Waals surface area contributed by atoms with E-state index in [4.69, 9.17) is 9.47 Å². The van der Waals surface area contributed by atoms with Crippen molar-refractivity contribution >= 4 is 45.4 Å². The lowest BCUT2D eigenvalue weighted by molar-refractivity contribution is -0.274. The molecule has 0 radical (unpaired) electrons. The lowest BCUT2D eigenvalue weighted by Gasteiger charge is -2.34. The van der Waals surface area contributed by atoms with E-state index >= 15 is 0 Å². The Morgan fingerprint density at radius 2 is 1.52 bits per heavy atom. The van der Waals surface area contributed by atoms with Crippen molar-refractivity contribution < 1.29 is 37.0 Å². The van der Waals surface area contributed by atoms with E-state index < -0.39 is 18.0 Å². The summed E-state index contributed by atoms with van der Waals surface area (Å²) in [5.74, 6) is 0.791. The monoisotopic (exact) mass is 781 g/mol. The van der Waals surface area contributed by atoms with Gasteiger partial charge in [0, 0.05) is 69.9 Å². The molecule has 2 aromatic heterocycles. The number of amides is 2. The zero-order valence-electron chi connectivity index (χ0n) is 29.1. The summed E-state index contributed by atoms with van der Waals surface area (Å²) in [5, 5.41) is 0.901. The van der Waals surface area contributed by atoms with Crippen LogP contribution in [0.15, 0.2) is 91.1 Å². The van der Waals surface area contributed by atoms with Crippen LogP contribution < -0.4 is 19.1 Å². The number of carbonyl (C=O) groups is 2. The number of ether oxygens (including phenoxy) is 3. The van der Waals surface area contributed by atoms with Crippen LogP contribution in [-0.2, 0) is 13.6 Å². The predicted octanol–water partition coefficient (Wildman–Crippen LogP) is 7.86. The average Bonchev–Trinajstić information content (AvgIpc) is 3.43. The first-order chi connectivity index (χ1) is 24.3. The number of pyridine rings is 1. The van der Waals surface area contributed by atoms with Crippen LogP contribution in [0, 0.1) is 0 Å². The summed E-state index contributed by atoms with van der Waals surface area (Å²) in [5.41, 5.74) is 3.26. The normalized spacial score (nSPS) is 13.5. The van der Waals surface area contributed by atoms with Gasteiger partial charge in [-0.1, -0.05) is 12.1 Å². The van der Waals surface area contributed by atoms with E-state index in [1.807, 2.05) is 60.7 Å². The Hall–Kier alpha value is -5.08. The molecule has 1 fully saturated rings. The minimum atomic E-state index is -4.82. The molecular formula is C38H39BrF3N5O5. The smallest absolute Gasteiger partial charge is 0.491 e. The van der Waals surface area contributed by atoms with Gasteiger partial charge in [0.05, 0.1) is 23.5 Å². The topological polar surface area (TPSA) is 89.4 Å². The molecule has 5 aromatic rings. The van der Waals surface area contributed by atoms with Crippen molar-refractivity contribution in [3.8, 4) is 23.1 Å². The summed E-state index contributed by atoms with van der Waals surface area (Å²) in [6, 6.07) is 23.5. The molecule has 274 valence electrons. The summed E-state index contributed by atoms with van der Waals surface area (Å²) in [6.45, 7) is 7.65. The number of hydrogen-bond acceptors (Lipinski definition) is 7. The van der Waals surface area contributed by atoms with Gasteiger partial charge < -0.3 is 28.6 Å². The molecule has 6 rings (SSSR count). The van der Waals surface area contributed by atoms with Crippen LogP contribution in [0.2, 0.25) is 0 Å². The maximum atomic E-state index is 13.6. The lowest BCUT2D eigenvalue weighted by Crippen LogP contribution is -2.48. The standard InChI is InChI=1S/C38H38F3N5O5.BrH/c1-25(2)49-30-11-5-26(6-12-30)24-45-17-19-46(20-18-45)37(48)34-21-28-9-15-32(22-33(28)44(34)4)50-35-16-10-29(23-42-35)43(3)36(47)27-7-13-31(14-8-27)51-38(39,40)41;/h5-16,21-23,25H,17-20,24H2,1-4H3;1H. The van der Waals surface area contributed by atoms with Gasteiger partial charge in [0.2, 0.25) is 5.88 Å². The van der Waals surface area contributed by atoms with Crippen LogP contribution in [-0.4, -0.2) is 76.9 Å². The molecule has 0 N–H and O–H groups in total. The van der Waals surface area contributed by atoms with Crippen molar-refractivity contribution in [2.75, 3.05) is 38.1 Å². The number of aromatic nitrogens is 2. The molecule has 52 heavy (non-hydrogen) atoms. The molecule has 0 spiro atoms. The molecular weight excluding hydrogens is 743 g/mol. The lowest BCUT2D eigenvalue weighted by atomic mass is 10.2. The third-order valence-electron chi connectivity index (χ3n) is 8.57. The zero-order valence-corrected chi connectivity index (χ0v) is 30.8. The zero-order chi connectivity index (χ0) is 36.3. The van der Waals surface area contributed by atoms with Gasteiger partial charge in [0.1, 0.15) is 22.9 Å². The summed E-state index contributed by atoms with van der Waals surface area (Å²) >= 11 is 0. The second kappa shape index (κ2) is 16.1. The van der Waals surface area contributed by atoms with Crippen LogP contribution in [0.1, 0.15) is 40.3 Å². The fraction of sp³-hybridized carbons (Fsp3) is 0.289. The van der Waals surface area contributed by atoms with Gasteiger partial charge in [-0.25, -0.2) is 4.98 Å². The number of fused-ring (bicyclic) bond motifs is 1. The van der Waals surface area contributed by atoms with Crippen molar-refractivity contribution in [2.45, 2.75) is 32.9 Å². The fourth-order valence-electron chi connectivity index (χ4n) is 5.92. The molecule has 0 saturated carbocycles. The Balaban J connectivity index is 0.00000523. The van der Waals surface area contributed by atoms with Gasteiger partial charge in [-0.2, -0.15) is 0 Å². The Bertz CT molecular complexity index is 1990.